The van der Waals surface area contributed by atoms with Crippen molar-refractivity contribution in [3.8, 4) is 0 Å². The lowest BCUT2D eigenvalue weighted by Gasteiger charge is -2.36. The number of unbranched alkanes of at least 4 members (excludes halogenated alkanes) is 1. The molecule has 94 valence electrons. The number of carbonyl (C=O) groups is 1. The fourth-order valence-corrected chi connectivity index (χ4v) is 2.36. The second kappa shape index (κ2) is 6.89. The van der Waals surface area contributed by atoms with E-state index in [1.807, 2.05) is 0 Å². The Labute approximate surface area is 99.6 Å². The number of hydrogen-bond donors (Lipinski definition) is 1. The van der Waals surface area contributed by atoms with Crippen LogP contribution in [0.3, 0.4) is 0 Å². The molecule has 16 heavy (non-hydrogen) atoms. The predicted molar refractivity (Wildman–Crippen MR) is 67.4 cm³/mol. The maximum absolute atomic E-state index is 12.3. The Morgan fingerprint density at radius 3 is 2.81 bits per heavy atom. The van der Waals surface area contributed by atoms with Crippen LogP contribution in [0, 0.1) is 5.92 Å². The average molecular weight is 226 g/mol. The molecule has 0 aromatic rings. The van der Waals surface area contributed by atoms with E-state index in [2.05, 4.69) is 31.0 Å². The van der Waals surface area contributed by atoms with Crippen LogP contribution in [0.15, 0.2) is 0 Å². The third kappa shape index (κ3) is 3.48. The largest absolute Gasteiger partial charge is 0.337 e. The van der Waals surface area contributed by atoms with Crippen molar-refractivity contribution in [1.82, 2.24) is 10.2 Å². The van der Waals surface area contributed by atoms with Gasteiger partial charge in [-0.2, -0.15) is 0 Å². The molecule has 1 amide bonds. The number of hydrogen-bond acceptors (Lipinski definition) is 2. The van der Waals surface area contributed by atoms with Gasteiger partial charge in [-0.25, -0.2) is 0 Å². The summed E-state index contributed by atoms with van der Waals surface area (Å²) in [7, 11) is 0. The lowest BCUT2D eigenvalue weighted by Crippen LogP contribution is -2.53. The number of amides is 1. The van der Waals surface area contributed by atoms with E-state index in [0.717, 1.165) is 32.5 Å². The van der Waals surface area contributed by atoms with Crippen LogP contribution in [0.1, 0.15) is 46.5 Å². The van der Waals surface area contributed by atoms with Gasteiger partial charge in [0.25, 0.3) is 0 Å². The molecule has 2 unspecified atom stereocenters. The molecule has 1 fully saturated rings. The maximum Gasteiger partial charge on any atom is 0.225 e. The summed E-state index contributed by atoms with van der Waals surface area (Å²) >= 11 is 0. The van der Waals surface area contributed by atoms with Gasteiger partial charge in [-0.15, -0.1) is 0 Å². The van der Waals surface area contributed by atoms with Gasteiger partial charge < -0.3 is 10.2 Å². The van der Waals surface area contributed by atoms with Gasteiger partial charge in [-0.1, -0.05) is 26.7 Å². The van der Waals surface area contributed by atoms with E-state index in [9.17, 15) is 4.79 Å². The minimum Gasteiger partial charge on any atom is -0.337 e. The fraction of sp³-hybridized carbons (Fsp3) is 0.923. The lowest BCUT2D eigenvalue weighted by molar-refractivity contribution is -0.138. The molecule has 1 heterocycles. The molecule has 0 aromatic heterocycles. The zero-order valence-corrected chi connectivity index (χ0v) is 11.0. The van der Waals surface area contributed by atoms with Crippen molar-refractivity contribution in [3.05, 3.63) is 0 Å². The molecule has 2 atom stereocenters. The molecule has 0 aromatic carbocycles. The van der Waals surface area contributed by atoms with Gasteiger partial charge in [-0.05, 0) is 19.8 Å². The van der Waals surface area contributed by atoms with E-state index in [1.165, 1.54) is 12.8 Å². The van der Waals surface area contributed by atoms with Gasteiger partial charge in [0, 0.05) is 31.6 Å². The normalized spacial score (nSPS) is 23.2. The Hall–Kier alpha value is -0.570. The molecule has 0 radical (unpaired) electrons. The van der Waals surface area contributed by atoms with E-state index >= 15 is 0 Å². The first-order chi connectivity index (χ1) is 7.70. The van der Waals surface area contributed by atoms with Crippen molar-refractivity contribution in [3.63, 3.8) is 0 Å². The topological polar surface area (TPSA) is 32.3 Å². The third-order valence-corrected chi connectivity index (χ3v) is 3.53. The highest BCUT2D eigenvalue weighted by atomic mass is 16.2. The zero-order chi connectivity index (χ0) is 12.0. The molecular formula is C13H26N2O. The molecule has 1 aliphatic heterocycles. The molecule has 1 aliphatic rings. The Morgan fingerprint density at radius 2 is 2.25 bits per heavy atom. The number of rotatable bonds is 5. The second-order valence-corrected chi connectivity index (χ2v) is 4.83. The summed E-state index contributed by atoms with van der Waals surface area (Å²) in [6.45, 7) is 9.21. The van der Waals surface area contributed by atoms with Crippen LogP contribution >= 0.6 is 0 Å². The maximum atomic E-state index is 12.3. The summed E-state index contributed by atoms with van der Waals surface area (Å²) in [6, 6.07) is 0.358. The SMILES string of the molecule is CCCCC(CC)C(=O)N1CCNCC1C. The van der Waals surface area contributed by atoms with Gasteiger partial charge in [-0.3, -0.25) is 4.79 Å². The predicted octanol–water partition coefficient (Wildman–Crippen LogP) is 2.02. The highest BCUT2D eigenvalue weighted by molar-refractivity contribution is 5.79. The summed E-state index contributed by atoms with van der Waals surface area (Å²) in [4.78, 5) is 14.4. The number of carbonyl (C=O) groups excluding carboxylic acids is 1. The van der Waals surface area contributed by atoms with Crippen molar-refractivity contribution in [2.24, 2.45) is 5.92 Å². The molecule has 1 saturated heterocycles. The molecule has 3 heteroatoms. The molecule has 0 bridgehead atoms. The van der Waals surface area contributed by atoms with Crippen molar-refractivity contribution in [1.29, 1.82) is 0 Å². The molecule has 0 aliphatic carbocycles. The quantitative estimate of drug-likeness (QED) is 0.778. The summed E-state index contributed by atoms with van der Waals surface area (Å²) in [5.74, 6) is 0.630. The van der Waals surface area contributed by atoms with E-state index in [1.54, 1.807) is 0 Å². The summed E-state index contributed by atoms with van der Waals surface area (Å²) in [5.41, 5.74) is 0. The highest BCUT2D eigenvalue weighted by Crippen LogP contribution is 2.18. The van der Waals surface area contributed by atoms with Gasteiger partial charge in [0.2, 0.25) is 5.91 Å². The van der Waals surface area contributed by atoms with E-state index < -0.39 is 0 Å². The van der Waals surface area contributed by atoms with Crippen LogP contribution in [-0.4, -0.2) is 36.5 Å². The first kappa shape index (κ1) is 13.5. The number of nitrogens with zero attached hydrogens (tertiary/aromatic N) is 1. The van der Waals surface area contributed by atoms with E-state index in [-0.39, 0.29) is 5.92 Å². The first-order valence-electron chi connectivity index (χ1n) is 6.71. The van der Waals surface area contributed by atoms with Crippen molar-refractivity contribution in [2.75, 3.05) is 19.6 Å². The number of piperazine rings is 1. The second-order valence-electron chi connectivity index (χ2n) is 4.83. The van der Waals surface area contributed by atoms with E-state index in [0.29, 0.717) is 11.9 Å². The Balaban J connectivity index is 2.51. The standard InChI is InChI=1S/C13H26N2O/c1-4-6-7-12(5-2)13(16)15-9-8-14-10-11(15)3/h11-12,14H,4-10H2,1-3H3. The van der Waals surface area contributed by atoms with Crippen LogP contribution in [0.25, 0.3) is 0 Å². The first-order valence-corrected chi connectivity index (χ1v) is 6.71. The molecule has 1 N–H and O–H groups in total. The Kier molecular flexibility index (Phi) is 5.81. The van der Waals surface area contributed by atoms with Crippen LogP contribution in [0.4, 0.5) is 0 Å². The molecule has 1 rings (SSSR count). The Morgan fingerprint density at radius 1 is 1.50 bits per heavy atom. The summed E-state index contributed by atoms with van der Waals surface area (Å²) in [5, 5.41) is 3.33. The third-order valence-electron chi connectivity index (χ3n) is 3.53. The van der Waals surface area contributed by atoms with Crippen LogP contribution in [0.5, 0.6) is 0 Å². The summed E-state index contributed by atoms with van der Waals surface area (Å²) in [6.07, 6.45) is 4.39. The van der Waals surface area contributed by atoms with Crippen LogP contribution in [0.2, 0.25) is 0 Å². The van der Waals surface area contributed by atoms with Crippen LogP contribution in [-0.2, 0) is 4.79 Å². The Bertz CT molecular complexity index is 218. The summed E-state index contributed by atoms with van der Waals surface area (Å²) < 4.78 is 0. The van der Waals surface area contributed by atoms with E-state index in [4.69, 9.17) is 0 Å². The zero-order valence-electron chi connectivity index (χ0n) is 11.0. The van der Waals surface area contributed by atoms with Crippen molar-refractivity contribution < 1.29 is 4.79 Å². The van der Waals surface area contributed by atoms with Gasteiger partial charge in [0.15, 0.2) is 0 Å². The van der Waals surface area contributed by atoms with Gasteiger partial charge in [0.1, 0.15) is 0 Å². The van der Waals surface area contributed by atoms with Crippen LogP contribution < -0.4 is 5.32 Å². The minimum atomic E-state index is 0.250. The van der Waals surface area contributed by atoms with Crippen molar-refractivity contribution in [2.45, 2.75) is 52.5 Å². The molecule has 0 saturated carbocycles. The average Bonchev–Trinajstić information content (AvgIpc) is 2.30. The minimum absolute atomic E-state index is 0.250. The van der Waals surface area contributed by atoms with Gasteiger partial charge in [0.05, 0.1) is 0 Å². The highest BCUT2D eigenvalue weighted by Gasteiger charge is 2.27. The number of nitrogens with one attached hydrogen (secondary N) is 1. The molecular weight excluding hydrogens is 200 g/mol. The lowest BCUT2D eigenvalue weighted by atomic mass is 9.96. The smallest absolute Gasteiger partial charge is 0.225 e. The van der Waals surface area contributed by atoms with Gasteiger partial charge >= 0.3 is 0 Å². The monoisotopic (exact) mass is 226 g/mol. The molecule has 0 spiro atoms. The fourth-order valence-electron chi connectivity index (χ4n) is 2.36. The molecule has 3 nitrogen and oxygen atoms in total. The van der Waals surface area contributed by atoms with Crippen molar-refractivity contribution >= 4 is 5.91 Å².